The molecule has 1 saturated heterocycles. The zero-order valence-corrected chi connectivity index (χ0v) is 18.3. The lowest BCUT2D eigenvalue weighted by molar-refractivity contribution is -0.131. The second-order valence-electron chi connectivity index (χ2n) is 7.08. The van der Waals surface area contributed by atoms with Crippen molar-refractivity contribution in [2.45, 2.75) is 26.3 Å². The molecule has 0 atom stereocenters. The zero-order chi connectivity index (χ0) is 20.8. The number of thioether (sulfide) groups is 1. The fraction of sp³-hybridized carbons (Fsp3) is 0.261. The van der Waals surface area contributed by atoms with E-state index in [-0.39, 0.29) is 11.8 Å². The minimum absolute atomic E-state index is 0.0643. The zero-order valence-electron chi connectivity index (χ0n) is 16.6. The van der Waals surface area contributed by atoms with Gasteiger partial charge in [0.2, 0.25) is 5.91 Å². The number of rotatable bonds is 7. The minimum atomic E-state index is -0.0781. The Labute approximate surface area is 181 Å². The third kappa shape index (κ3) is 5.78. The molecular weight excluding hydrogens is 400 g/mol. The highest BCUT2D eigenvalue weighted by Crippen LogP contribution is 2.32. The topological polar surface area (TPSA) is 40.6 Å². The van der Waals surface area contributed by atoms with Gasteiger partial charge in [0.15, 0.2) is 0 Å². The molecule has 1 aliphatic heterocycles. The van der Waals surface area contributed by atoms with E-state index in [0.29, 0.717) is 35.2 Å². The summed E-state index contributed by atoms with van der Waals surface area (Å²) in [5.41, 5.74) is 3.26. The lowest BCUT2D eigenvalue weighted by Crippen LogP contribution is -2.31. The Morgan fingerprint density at radius 1 is 1.14 bits per heavy atom. The average molecular weight is 425 g/mol. The van der Waals surface area contributed by atoms with E-state index in [9.17, 15) is 9.59 Å². The number of aryl methyl sites for hydroxylation is 1. The molecule has 0 N–H and O–H groups in total. The molecule has 0 unspecified atom stereocenters. The van der Waals surface area contributed by atoms with Crippen LogP contribution in [0, 0.1) is 6.92 Å². The Morgan fingerprint density at radius 3 is 2.52 bits per heavy atom. The molecular formula is C23H24N2O2S2. The lowest BCUT2D eigenvalue weighted by Gasteiger charge is -2.19. The summed E-state index contributed by atoms with van der Waals surface area (Å²) in [6.07, 6.45) is 2.84. The minimum Gasteiger partial charge on any atom is -0.341 e. The molecule has 2 aromatic carbocycles. The molecule has 2 aromatic rings. The number of carbonyl (C=O) groups excluding carboxylic acids is 2. The first-order chi connectivity index (χ1) is 13.9. The molecule has 0 radical (unpaired) electrons. The van der Waals surface area contributed by atoms with E-state index in [0.717, 1.165) is 11.1 Å². The first-order valence-electron chi connectivity index (χ1n) is 9.54. The van der Waals surface area contributed by atoms with Crippen LogP contribution in [0.3, 0.4) is 0 Å². The highest BCUT2D eigenvalue weighted by molar-refractivity contribution is 8.26. The summed E-state index contributed by atoms with van der Waals surface area (Å²) in [6.45, 7) is 3.07. The van der Waals surface area contributed by atoms with E-state index in [1.165, 1.54) is 17.3 Å². The summed E-state index contributed by atoms with van der Waals surface area (Å²) >= 11 is 6.70. The van der Waals surface area contributed by atoms with Crippen molar-refractivity contribution in [2.75, 3.05) is 13.6 Å². The summed E-state index contributed by atoms with van der Waals surface area (Å²) in [7, 11) is 1.80. The largest absolute Gasteiger partial charge is 0.341 e. The number of nitrogens with zero attached hydrogens (tertiary/aromatic N) is 2. The van der Waals surface area contributed by atoms with E-state index in [4.69, 9.17) is 12.2 Å². The summed E-state index contributed by atoms with van der Waals surface area (Å²) in [4.78, 5) is 29.0. The molecule has 0 aliphatic carbocycles. The van der Waals surface area contributed by atoms with Gasteiger partial charge in [0.25, 0.3) is 5.91 Å². The van der Waals surface area contributed by atoms with Crippen LogP contribution in [0.2, 0.25) is 0 Å². The second kappa shape index (κ2) is 9.85. The third-order valence-corrected chi connectivity index (χ3v) is 6.09. The van der Waals surface area contributed by atoms with E-state index in [1.54, 1.807) is 16.8 Å². The molecule has 1 aliphatic rings. The van der Waals surface area contributed by atoms with Crippen LogP contribution in [0.5, 0.6) is 0 Å². The Balaban J connectivity index is 1.51. The predicted molar refractivity (Wildman–Crippen MR) is 123 cm³/mol. The highest BCUT2D eigenvalue weighted by Gasteiger charge is 2.31. The Kier molecular flexibility index (Phi) is 7.23. The van der Waals surface area contributed by atoms with Gasteiger partial charge in [-0.2, -0.15) is 0 Å². The van der Waals surface area contributed by atoms with Gasteiger partial charge in [-0.15, -0.1) is 0 Å². The van der Waals surface area contributed by atoms with Crippen molar-refractivity contribution in [3.8, 4) is 0 Å². The van der Waals surface area contributed by atoms with Crippen LogP contribution >= 0.6 is 24.0 Å². The number of carbonyl (C=O) groups is 2. The maximum atomic E-state index is 12.7. The fourth-order valence-corrected chi connectivity index (χ4v) is 4.34. The van der Waals surface area contributed by atoms with Crippen molar-refractivity contribution >= 4 is 46.2 Å². The number of amides is 2. The number of hydrogen-bond acceptors (Lipinski definition) is 4. The van der Waals surface area contributed by atoms with Gasteiger partial charge >= 0.3 is 0 Å². The van der Waals surface area contributed by atoms with Gasteiger partial charge in [-0.25, -0.2) is 0 Å². The average Bonchev–Trinajstić information content (AvgIpc) is 2.97. The Morgan fingerprint density at radius 2 is 1.83 bits per heavy atom. The molecule has 1 fully saturated rings. The molecule has 3 rings (SSSR count). The standard InChI is InChI=1S/C23H24N2O2S2/c1-17-10-12-18(13-11-17)15-20-22(27)25(23(28)29-20)14-6-9-21(26)24(2)16-19-7-4-3-5-8-19/h3-5,7-8,10-13,15H,6,9,14,16H2,1-2H3/b20-15-. The Bertz CT molecular complexity index is 924. The Hall–Kier alpha value is -2.44. The van der Waals surface area contributed by atoms with Gasteiger partial charge in [0.05, 0.1) is 4.91 Å². The summed E-state index contributed by atoms with van der Waals surface area (Å²) in [5, 5.41) is 0. The van der Waals surface area contributed by atoms with Crippen LogP contribution in [-0.4, -0.2) is 39.5 Å². The molecule has 0 aromatic heterocycles. The van der Waals surface area contributed by atoms with Gasteiger partial charge in [-0.3, -0.25) is 14.5 Å². The normalized spacial score (nSPS) is 15.2. The highest BCUT2D eigenvalue weighted by atomic mass is 32.2. The molecule has 0 bridgehead atoms. The van der Waals surface area contributed by atoms with Crippen LogP contribution < -0.4 is 0 Å². The second-order valence-corrected chi connectivity index (χ2v) is 8.76. The number of hydrogen-bond donors (Lipinski definition) is 0. The first-order valence-corrected chi connectivity index (χ1v) is 10.8. The predicted octanol–water partition coefficient (Wildman–Crippen LogP) is 4.64. The van der Waals surface area contributed by atoms with Crippen molar-refractivity contribution in [1.82, 2.24) is 9.80 Å². The fourth-order valence-electron chi connectivity index (χ4n) is 3.03. The van der Waals surface area contributed by atoms with Crippen molar-refractivity contribution in [1.29, 1.82) is 0 Å². The molecule has 6 heteroatoms. The van der Waals surface area contributed by atoms with Crippen LogP contribution in [0.1, 0.15) is 29.5 Å². The number of benzene rings is 2. The molecule has 1 heterocycles. The smallest absolute Gasteiger partial charge is 0.266 e. The SMILES string of the molecule is Cc1ccc(/C=C2\SC(=S)N(CCCC(=O)N(C)Cc3ccccc3)C2=O)cc1. The van der Waals surface area contributed by atoms with Crippen molar-refractivity contribution in [3.63, 3.8) is 0 Å². The molecule has 4 nitrogen and oxygen atoms in total. The van der Waals surface area contributed by atoms with E-state index < -0.39 is 0 Å². The quantitative estimate of drug-likeness (QED) is 0.480. The maximum Gasteiger partial charge on any atom is 0.266 e. The van der Waals surface area contributed by atoms with Gasteiger partial charge < -0.3 is 4.90 Å². The maximum absolute atomic E-state index is 12.7. The van der Waals surface area contributed by atoms with E-state index >= 15 is 0 Å². The molecule has 0 saturated carbocycles. The molecule has 150 valence electrons. The molecule has 2 amide bonds. The summed E-state index contributed by atoms with van der Waals surface area (Å²) in [6, 6.07) is 17.9. The van der Waals surface area contributed by atoms with Crippen LogP contribution in [0.25, 0.3) is 6.08 Å². The monoisotopic (exact) mass is 424 g/mol. The molecule has 0 spiro atoms. The number of thiocarbonyl (C=S) groups is 1. The van der Waals surface area contributed by atoms with Gasteiger partial charge in [-0.1, -0.05) is 84.1 Å². The van der Waals surface area contributed by atoms with Gasteiger partial charge in [-0.05, 0) is 30.5 Å². The van der Waals surface area contributed by atoms with Crippen LogP contribution in [0.4, 0.5) is 0 Å². The van der Waals surface area contributed by atoms with Crippen molar-refractivity contribution < 1.29 is 9.59 Å². The lowest BCUT2D eigenvalue weighted by atomic mass is 10.1. The van der Waals surface area contributed by atoms with Gasteiger partial charge in [0.1, 0.15) is 4.32 Å². The summed E-state index contributed by atoms with van der Waals surface area (Å²) < 4.78 is 0.554. The van der Waals surface area contributed by atoms with Crippen molar-refractivity contribution in [3.05, 3.63) is 76.2 Å². The van der Waals surface area contributed by atoms with Crippen molar-refractivity contribution in [2.24, 2.45) is 0 Å². The molecule has 29 heavy (non-hydrogen) atoms. The van der Waals surface area contributed by atoms with Crippen LogP contribution in [0.15, 0.2) is 59.5 Å². The third-order valence-electron chi connectivity index (χ3n) is 4.71. The van der Waals surface area contributed by atoms with Gasteiger partial charge in [0, 0.05) is 26.6 Å². The van der Waals surface area contributed by atoms with E-state index in [2.05, 4.69) is 0 Å². The summed E-state index contributed by atoms with van der Waals surface area (Å²) in [5.74, 6) is -0.0137. The first kappa shape index (κ1) is 21.3. The van der Waals surface area contributed by atoms with Crippen LogP contribution in [-0.2, 0) is 16.1 Å². The van der Waals surface area contributed by atoms with E-state index in [1.807, 2.05) is 67.6 Å².